The monoisotopic (exact) mass is 284 g/mol. The summed E-state index contributed by atoms with van der Waals surface area (Å²) in [4.78, 5) is 14.0. The molecule has 2 aromatic carbocycles. The number of amides is 2. The van der Waals surface area contributed by atoms with Crippen LogP contribution in [0.15, 0.2) is 42.5 Å². The van der Waals surface area contributed by atoms with Gasteiger partial charge in [-0.25, -0.2) is 4.79 Å². The molecule has 0 radical (unpaired) electrons. The van der Waals surface area contributed by atoms with E-state index < -0.39 is 0 Å². The van der Waals surface area contributed by atoms with Gasteiger partial charge >= 0.3 is 6.03 Å². The van der Waals surface area contributed by atoms with Gasteiger partial charge in [0.25, 0.3) is 0 Å². The molecule has 0 unspecified atom stereocenters. The molecule has 0 saturated carbocycles. The average molecular weight is 284 g/mol. The minimum atomic E-state index is -0.241. The van der Waals surface area contributed by atoms with Crippen molar-refractivity contribution in [3.05, 3.63) is 53.6 Å². The van der Waals surface area contributed by atoms with Crippen LogP contribution in [0.4, 0.5) is 10.5 Å². The number of phenols is 2. The van der Waals surface area contributed by atoms with Crippen molar-refractivity contribution in [2.75, 3.05) is 11.9 Å². The van der Waals surface area contributed by atoms with E-state index in [4.69, 9.17) is 0 Å². The number of hydrogen-bond donors (Lipinski definition) is 3. The van der Waals surface area contributed by atoms with Gasteiger partial charge in [-0.1, -0.05) is 24.3 Å². The lowest BCUT2D eigenvalue weighted by molar-refractivity contribution is 0.206. The van der Waals surface area contributed by atoms with Gasteiger partial charge in [-0.2, -0.15) is 0 Å². The molecule has 0 aliphatic carbocycles. The van der Waals surface area contributed by atoms with E-state index in [1.54, 1.807) is 4.90 Å². The summed E-state index contributed by atoms with van der Waals surface area (Å²) in [6, 6.07) is 11.8. The minimum absolute atomic E-state index is 0.0886. The molecule has 108 valence electrons. The SMILES string of the molecule is O=C(Nc1cc(O)cc(O)c1)N1CCc2ccccc2C1. The lowest BCUT2D eigenvalue weighted by atomic mass is 10.0. The van der Waals surface area contributed by atoms with Crippen LogP contribution in [0.2, 0.25) is 0 Å². The molecular formula is C16H16N2O3. The molecule has 0 atom stereocenters. The summed E-state index contributed by atoms with van der Waals surface area (Å²) in [5.74, 6) is -0.177. The fraction of sp³-hybridized carbons (Fsp3) is 0.188. The second-order valence-electron chi connectivity index (χ2n) is 5.11. The Morgan fingerprint density at radius 2 is 1.71 bits per heavy atom. The zero-order chi connectivity index (χ0) is 14.8. The highest BCUT2D eigenvalue weighted by Crippen LogP contribution is 2.25. The number of urea groups is 1. The Hall–Kier alpha value is -2.69. The quantitative estimate of drug-likeness (QED) is 0.754. The number of anilines is 1. The van der Waals surface area contributed by atoms with Gasteiger partial charge in [0.2, 0.25) is 0 Å². The molecule has 5 heteroatoms. The van der Waals surface area contributed by atoms with Crippen molar-refractivity contribution in [1.29, 1.82) is 0 Å². The number of hydrogen-bond acceptors (Lipinski definition) is 3. The first-order chi connectivity index (χ1) is 10.1. The molecule has 3 N–H and O–H groups in total. The Morgan fingerprint density at radius 1 is 1.05 bits per heavy atom. The molecule has 0 aromatic heterocycles. The summed E-state index contributed by atoms with van der Waals surface area (Å²) in [5, 5.41) is 21.5. The number of aromatic hydroxyl groups is 2. The lowest BCUT2D eigenvalue weighted by Gasteiger charge is -2.29. The smallest absolute Gasteiger partial charge is 0.322 e. The van der Waals surface area contributed by atoms with E-state index in [1.807, 2.05) is 18.2 Å². The molecule has 2 aromatic rings. The molecule has 3 rings (SSSR count). The van der Waals surface area contributed by atoms with Crippen molar-refractivity contribution in [2.24, 2.45) is 0 Å². The van der Waals surface area contributed by atoms with Crippen molar-refractivity contribution in [1.82, 2.24) is 4.90 Å². The fourth-order valence-corrected chi connectivity index (χ4v) is 2.54. The number of rotatable bonds is 1. The Labute approximate surface area is 122 Å². The van der Waals surface area contributed by atoms with Crippen LogP contribution >= 0.6 is 0 Å². The van der Waals surface area contributed by atoms with Crippen LogP contribution in [-0.4, -0.2) is 27.7 Å². The van der Waals surface area contributed by atoms with Crippen LogP contribution in [-0.2, 0) is 13.0 Å². The molecule has 1 aliphatic rings. The summed E-state index contributed by atoms with van der Waals surface area (Å²) in [6.07, 6.45) is 0.828. The number of carbonyl (C=O) groups is 1. The number of benzene rings is 2. The third-order valence-electron chi connectivity index (χ3n) is 3.57. The minimum Gasteiger partial charge on any atom is -0.508 e. The van der Waals surface area contributed by atoms with Gasteiger partial charge in [0.15, 0.2) is 0 Å². The van der Waals surface area contributed by atoms with E-state index >= 15 is 0 Å². The molecule has 2 amide bonds. The summed E-state index contributed by atoms with van der Waals surface area (Å²) in [7, 11) is 0. The zero-order valence-corrected chi connectivity index (χ0v) is 11.4. The molecule has 5 nitrogen and oxygen atoms in total. The first-order valence-corrected chi connectivity index (χ1v) is 6.77. The highest BCUT2D eigenvalue weighted by molar-refractivity contribution is 5.90. The first-order valence-electron chi connectivity index (χ1n) is 6.77. The predicted octanol–water partition coefficient (Wildman–Crippen LogP) is 2.69. The van der Waals surface area contributed by atoms with Gasteiger partial charge < -0.3 is 20.4 Å². The number of carbonyl (C=O) groups excluding carboxylic acids is 1. The average Bonchev–Trinajstić information content (AvgIpc) is 2.45. The Kier molecular flexibility index (Phi) is 3.39. The number of fused-ring (bicyclic) bond motifs is 1. The summed E-state index contributed by atoms with van der Waals surface area (Å²) >= 11 is 0. The van der Waals surface area contributed by atoms with Gasteiger partial charge in [0.05, 0.1) is 0 Å². The first kappa shape index (κ1) is 13.3. The highest BCUT2D eigenvalue weighted by Gasteiger charge is 2.20. The molecule has 1 aliphatic heterocycles. The highest BCUT2D eigenvalue weighted by atomic mass is 16.3. The standard InChI is InChI=1S/C16H16N2O3/c19-14-7-13(8-15(20)9-14)17-16(21)18-6-5-11-3-1-2-4-12(11)10-18/h1-4,7-9,19-20H,5-6,10H2,(H,17,21). The topological polar surface area (TPSA) is 72.8 Å². The number of phenolic OH excluding ortho intramolecular Hbond substituents is 2. The van der Waals surface area contributed by atoms with Gasteiger partial charge in [0, 0.05) is 37.0 Å². The van der Waals surface area contributed by atoms with Crippen LogP contribution in [0.25, 0.3) is 0 Å². The van der Waals surface area contributed by atoms with Crippen molar-refractivity contribution >= 4 is 11.7 Å². The maximum atomic E-state index is 12.3. The maximum absolute atomic E-state index is 12.3. The predicted molar refractivity (Wildman–Crippen MR) is 79.3 cm³/mol. The second kappa shape index (κ2) is 5.36. The van der Waals surface area contributed by atoms with E-state index in [2.05, 4.69) is 11.4 Å². The third-order valence-corrected chi connectivity index (χ3v) is 3.57. The van der Waals surface area contributed by atoms with Crippen LogP contribution in [0.5, 0.6) is 11.5 Å². The summed E-state index contributed by atoms with van der Waals surface area (Å²) < 4.78 is 0. The van der Waals surface area contributed by atoms with Crippen LogP contribution < -0.4 is 5.32 Å². The third kappa shape index (κ3) is 2.91. The molecular weight excluding hydrogens is 268 g/mol. The molecule has 0 spiro atoms. The normalized spacial score (nSPS) is 13.6. The Morgan fingerprint density at radius 3 is 2.43 bits per heavy atom. The lowest BCUT2D eigenvalue weighted by Crippen LogP contribution is -2.38. The summed E-state index contributed by atoms with van der Waals surface area (Å²) in [5.41, 5.74) is 2.80. The van der Waals surface area contributed by atoms with E-state index in [0.717, 1.165) is 12.0 Å². The van der Waals surface area contributed by atoms with Crippen LogP contribution in [0.1, 0.15) is 11.1 Å². The van der Waals surface area contributed by atoms with Crippen molar-refractivity contribution in [2.45, 2.75) is 13.0 Å². The largest absolute Gasteiger partial charge is 0.508 e. The van der Waals surface area contributed by atoms with Gasteiger partial charge in [0.1, 0.15) is 11.5 Å². The van der Waals surface area contributed by atoms with Gasteiger partial charge in [-0.05, 0) is 17.5 Å². The van der Waals surface area contributed by atoms with E-state index in [1.165, 1.54) is 23.8 Å². The van der Waals surface area contributed by atoms with Gasteiger partial charge in [-0.15, -0.1) is 0 Å². The van der Waals surface area contributed by atoms with E-state index in [-0.39, 0.29) is 17.5 Å². The van der Waals surface area contributed by atoms with Crippen LogP contribution in [0, 0.1) is 0 Å². The second-order valence-corrected chi connectivity index (χ2v) is 5.11. The molecule has 0 bridgehead atoms. The Balaban J connectivity index is 1.72. The molecule has 1 heterocycles. The Bertz CT molecular complexity index is 665. The van der Waals surface area contributed by atoms with Crippen LogP contribution in [0.3, 0.4) is 0 Å². The van der Waals surface area contributed by atoms with E-state index in [9.17, 15) is 15.0 Å². The summed E-state index contributed by atoms with van der Waals surface area (Å²) in [6.45, 7) is 1.21. The maximum Gasteiger partial charge on any atom is 0.322 e. The van der Waals surface area contributed by atoms with Crippen molar-refractivity contribution < 1.29 is 15.0 Å². The molecule has 21 heavy (non-hydrogen) atoms. The van der Waals surface area contributed by atoms with Crippen molar-refractivity contribution in [3.8, 4) is 11.5 Å². The van der Waals surface area contributed by atoms with Gasteiger partial charge in [-0.3, -0.25) is 0 Å². The number of nitrogens with zero attached hydrogens (tertiary/aromatic N) is 1. The zero-order valence-electron chi connectivity index (χ0n) is 11.4. The molecule has 0 saturated heterocycles. The van der Waals surface area contributed by atoms with Crippen molar-refractivity contribution in [3.63, 3.8) is 0 Å². The number of nitrogens with one attached hydrogen (secondary N) is 1. The molecule has 0 fully saturated rings. The fourth-order valence-electron chi connectivity index (χ4n) is 2.54. The van der Waals surface area contributed by atoms with E-state index in [0.29, 0.717) is 18.8 Å².